The van der Waals surface area contributed by atoms with Gasteiger partial charge in [0.05, 0.1) is 11.9 Å². The zero-order valence-electron chi connectivity index (χ0n) is 9.98. The Bertz CT molecular complexity index is 424. The smallest absolute Gasteiger partial charge is 0.324 e. The third-order valence-electron chi connectivity index (χ3n) is 2.56. The van der Waals surface area contributed by atoms with E-state index in [1.54, 1.807) is 26.0 Å². The molecule has 92 valence electrons. The Labute approximate surface area is 104 Å². The molecule has 0 bridgehead atoms. The third kappa shape index (κ3) is 2.49. The van der Waals surface area contributed by atoms with Gasteiger partial charge in [-0.25, -0.2) is 0 Å². The molecular weight excluding hydrogens is 240 g/mol. The van der Waals surface area contributed by atoms with E-state index in [2.05, 4.69) is 11.3 Å². The number of carbonyl (C=O) groups excluding carboxylic acids is 3. The van der Waals surface area contributed by atoms with Gasteiger partial charge in [0, 0.05) is 0 Å². The monoisotopic (exact) mass is 254 g/mol. The van der Waals surface area contributed by atoms with Gasteiger partial charge in [-0.3, -0.25) is 14.4 Å². The van der Waals surface area contributed by atoms with Crippen LogP contribution in [0, 0.1) is 5.92 Å². The third-order valence-corrected chi connectivity index (χ3v) is 3.74. The Morgan fingerprint density at radius 1 is 1.53 bits per heavy atom. The molecule has 1 aliphatic rings. The Morgan fingerprint density at radius 2 is 2.12 bits per heavy atom. The van der Waals surface area contributed by atoms with Gasteiger partial charge in [0.25, 0.3) is 0 Å². The van der Waals surface area contributed by atoms with Crippen molar-refractivity contribution in [3.05, 3.63) is 24.3 Å². The summed E-state index contributed by atoms with van der Waals surface area (Å²) in [7, 11) is 1.16. The number of carbonyl (C=O) groups is 3. The van der Waals surface area contributed by atoms with E-state index in [-0.39, 0.29) is 0 Å². The maximum atomic E-state index is 12.1. The lowest BCUT2D eigenvalue weighted by Crippen LogP contribution is -2.33. The van der Waals surface area contributed by atoms with Crippen molar-refractivity contribution in [2.75, 3.05) is 7.11 Å². The van der Waals surface area contributed by atoms with E-state index in [0.29, 0.717) is 0 Å². The van der Waals surface area contributed by atoms with E-state index in [0.717, 1.165) is 24.4 Å². The van der Waals surface area contributed by atoms with E-state index < -0.39 is 27.5 Å². The standard InChI is InChI=1S/C12H14O4S/c1-5-7(2)6-12(3)9(13)8(10(14)16-4)11(15)17-12/h5-6,8H,1H2,2-4H3. The molecule has 0 saturated carbocycles. The molecule has 0 aromatic rings. The largest absolute Gasteiger partial charge is 0.468 e. The molecular formula is C12H14O4S. The Hall–Kier alpha value is -1.36. The highest BCUT2D eigenvalue weighted by Gasteiger charge is 2.53. The van der Waals surface area contributed by atoms with Crippen LogP contribution in [0.1, 0.15) is 13.8 Å². The van der Waals surface area contributed by atoms with Crippen LogP contribution in [-0.2, 0) is 19.1 Å². The van der Waals surface area contributed by atoms with E-state index in [9.17, 15) is 14.4 Å². The average Bonchev–Trinajstić information content (AvgIpc) is 2.48. The Kier molecular flexibility index (Phi) is 3.93. The molecule has 0 amide bonds. The molecule has 0 aliphatic carbocycles. The Morgan fingerprint density at radius 3 is 2.59 bits per heavy atom. The van der Waals surface area contributed by atoms with Crippen LogP contribution >= 0.6 is 11.8 Å². The van der Waals surface area contributed by atoms with Crippen molar-refractivity contribution in [2.24, 2.45) is 5.92 Å². The summed E-state index contributed by atoms with van der Waals surface area (Å²) in [4.78, 5) is 35.1. The predicted molar refractivity (Wildman–Crippen MR) is 65.5 cm³/mol. The summed E-state index contributed by atoms with van der Waals surface area (Å²) < 4.78 is 3.46. The maximum Gasteiger partial charge on any atom is 0.324 e. The zero-order valence-corrected chi connectivity index (χ0v) is 10.8. The zero-order chi connectivity index (χ0) is 13.2. The highest BCUT2D eigenvalue weighted by Crippen LogP contribution is 2.41. The fourth-order valence-electron chi connectivity index (χ4n) is 1.63. The average molecular weight is 254 g/mol. The molecule has 4 nitrogen and oxygen atoms in total. The number of hydrogen-bond donors (Lipinski definition) is 0. The first kappa shape index (κ1) is 13.7. The van der Waals surface area contributed by atoms with E-state index >= 15 is 0 Å². The van der Waals surface area contributed by atoms with Gasteiger partial charge in [-0.15, -0.1) is 0 Å². The first-order valence-corrected chi connectivity index (χ1v) is 5.84. The van der Waals surface area contributed by atoms with E-state index in [1.165, 1.54) is 0 Å². The summed E-state index contributed by atoms with van der Waals surface area (Å²) in [6.45, 7) is 6.98. The highest BCUT2D eigenvalue weighted by atomic mass is 32.2. The van der Waals surface area contributed by atoms with Crippen LogP contribution < -0.4 is 0 Å². The van der Waals surface area contributed by atoms with Crippen LogP contribution in [0.5, 0.6) is 0 Å². The Balaban J connectivity index is 3.10. The van der Waals surface area contributed by atoms with Crippen molar-refractivity contribution in [1.82, 2.24) is 0 Å². The molecule has 0 aromatic heterocycles. The molecule has 0 N–H and O–H groups in total. The number of thioether (sulfide) groups is 1. The predicted octanol–water partition coefficient (Wildman–Crippen LogP) is 1.51. The van der Waals surface area contributed by atoms with Crippen molar-refractivity contribution in [1.29, 1.82) is 0 Å². The van der Waals surface area contributed by atoms with Crippen LogP contribution in [0.4, 0.5) is 0 Å². The summed E-state index contributed by atoms with van der Waals surface area (Å²) in [5.41, 5.74) is 0.784. The van der Waals surface area contributed by atoms with Gasteiger partial charge in [0.1, 0.15) is 0 Å². The molecule has 2 unspecified atom stereocenters. The van der Waals surface area contributed by atoms with Crippen molar-refractivity contribution in [3.8, 4) is 0 Å². The molecule has 5 heteroatoms. The number of hydrogen-bond acceptors (Lipinski definition) is 5. The number of esters is 1. The molecule has 1 rings (SSSR count). The second-order valence-electron chi connectivity index (χ2n) is 3.94. The fraction of sp³-hybridized carbons (Fsp3) is 0.417. The van der Waals surface area contributed by atoms with Gasteiger partial charge in [-0.1, -0.05) is 36.1 Å². The van der Waals surface area contributed by atoms with Gasteiger partial charge in [0.15, 0.2) is 11.7 Å². The van der Waals surface area contributed by atoms with Crippen molar-refractivity contribution in [3.63, 3.8) is 0 Å². The summed E-state index contributed by atoms with van der Waals surface area (Å²) in [5, 5.41) is -0.461. The molecule has 1 saturated heterocycles. The SMILES string of the molecule is C=CC(C)=CC1(C)SC(=O)C(C(=O)OC)C1=O. The molecule has 1 fully saturated rings. The minimum absolute atomic E-state index is 0.430. The molecule has 17 heavy (non-hydrogen) atoms. The van der Waals surface area contributed by atoms with Crippen LogP contribution in [0.15, 0.2) is 24.3 Å². The number of ether oxygens (including phenoxy) is 1. The summed E-state index contributed by atoms with van der Waals surface area (Å²) in [5.74, 6) is -2.52. The van der Waals surface area contributed by atoms with Crippen molar-refractivity contribution >= 4 is 28.6 Å². The number of allylic oxidation sites excluding steroid dienone is 2. The summed E-state index contributed by atoms with van der Waals surface area (Å²) >= 11 is 0.858. The van der Waals surface area contributed by atoms with Crippen LogP contribution in [-0.4, -0.2) is 28.7 Å². The topological polar surface area (TPSA) is 60.4 Å². The lowest BCUT2D eigenvalue weighted by Gasteiger charge is -2.15. The van der Waals surface area contributed by atoms with Gasteiger partial charge in [-0.2, -0.15) is 0 Å². The maximum absolute atomic E-state index is 12.1. The van der Waals surface area contributed by atoms with E-state index in [4.69, 9.17) is 0 Å². The van der Waals surface area contributed by atoms with Crippen LogP contribution in [0.25, 0.3) is 0 Å². The van der Waals surface area contributed by atoms with E-state index in [1.807, 2.05) is 0 Å². The highest BCUT2D eigenvalue weighted by molar-refractivity contribution is 8.16. The molecule has 0 aromatic carbocycles. The first-order chi connectivity index (χ1) is 7.85. The normalized spacial score (nSPS) is 29.4. The van der Waals surface area contributed by atoms with Crippen molar-refractivity contribution < 1.29 is 19.1 Å². The second-order valence-corrected chi connectivity index (χ2v) is 5.40. The fourth-order valence-corrected chi connectivity index (χ4v) is 2.83. The number of Topliss-reactive ketones (excluding diaryl/α,β-unsaturated/α-hetero) is 1. The number of rotatable bonds is 3. The molecule has 1 heterocycles. The minimum Gasteiger partial charge on any atom is -0.468 e. The van der Waals surface area contributed by atoms with Crippen LogP contribution in [0.3, 0.4) is 0 Å². The summed E-state index contributed by atoms with van der Waals surface area (Å²) in [6.07, 6.45) is 3.24. The molecule has 0 spiro atoms. The van der Waals surface area contributed by atoms with Crippen LogP contribution in [0.2, 0.25) is 0 Å². The lowest BCUT2D eigenvalue weighted by molar-refractivity contribution is -0.150. The molecule has 0 radical (unpaired) electrons. The van der Waals surface area contributed by atoms with Gasteiger partial charge >= 0.3 is 5.97 Å². The van der Waals surface area contributed by atoms with Gasteiger partial charge < -0.3 is 4.74 Å². The number of ketones is 1. The second kappa shape index (κ2) is 4.87. The summed E-state index contributed by atoms with van der Waals surface area (Å²) in [6, 6.07) is 0. The quantitative estimate of drug-likeness (QED) is 0.434. The molecule has 2 atom stereocenters. The minimum atomic E-state index is -1.30. The van der Waals surface area contributed by atoms with Crippen molar-refractivity contribution in [2.45, 2.75) is 18.6 Å². The van der Waals surface area contributed by atoms with Gasteiger partial charge in [0.2, 0.25) is 5.12 Å². The number of methoxy groups -OCH3 is 1. The lowest BCUT2D eigenvalue weighted by atomic mass is 9.93. The van der Waals surface area contributed by atoms with Gasteiger partial charge in [-0.05, 0) is 13.8 Å². The first-order valence-electron chi connectivity index (χ1n) is 5.02. The molecule has 1 aliphatic heterocycles.